The number of rotatable bonds is 6. The van der Waals surface area contributed by atoms with Gasteiger partial charge in [0.25, 0.3) is 0 Å². The smallest absolute Gasteiger partial charge is 0.131 e. The lowest BCUT2D eigenvalue weighted by molar-refractivity contribution is 0.271. The summed E-state index contributed by atoms with van der Waals surface area (Å²) in [4.78, 5) is 7.42. The standard InChI is InChI=1S/C11H19N3OS/c1-3-5-9-13-10(6-11(16)14-9)12-8(4-2)7-15/h6,8,15H,3-5,7H2,1-2H3,(H2,12,13,14,16). The molecule has 0 fully saturated rings. The highest BCUT2D eigenvalue weighted by Crippen LogP contribution is 2.08. The number of aliphatic hydroxyl groups excluding tert-OH is 1. The summed E-state index contributed by atoms with van der Waals surface area (Å²) in [6.07, 6.45) is 2.77. The zero-order chi connectivity index (χ0) is 12.0. The average molecular weight is 241 g/mol. The highest BCUT2D eigenvalue weighted by atomic mass is 32.1. The van der Waals surface area contributed by atoms with E-state index in [1.807, 2.05) is 6.92 Å². The van der Waals surface area contributed by atoms with Gasteiger partial charge in [0.2, 0.25) is 0 Å². The lowest BCUT2D eigenvalue weighted by Crippen LogP contribution is -2.23. The van der Waals surface area contributed by atoms with E-state index in [2.05, 4.69) is 22.2 Å². The Labute approximate surface area is 101 Å². The van der Waals surface area contributed by atoms with Gasteiger partial charge in [0, 0.05) is 12.5 Å². The van der Waals surface area contributed by atoms with Gasteiger partial charge in [0.1, 0.15) is 16.3 Å². The normalized spacial score (nSPS) is 12.4. The van der Waals surface area contributed by atoms with Crippen molar-refractivity contribution < 1.29 is 5.11 Å². The van der Waals surface area contributed by atoms with Crippen molar-refractivity contribution in [2.24, 2.45) is 0 Å². The minimum absolute atomic E-state index is 0.0579. The summed E-state index contributed by atoms with van der Waals surface area (Å²) in [5.74, 6) is 1.73. The first kappa shape index (κ1) is 13.1. The molecule has 0 saturated carbocycles. The molecular formula is C11H19N3OS. The maximum absolute atomic E-state index is 9.11. The summed E-state index contributed by atoms with van der Waals surface area (Å²) < 4.78 is 0.581. The maximum Gasteiger partial charge on any atom is 0.131 e. The van der Waals surface area contributed by atoms with Crippen molar-refractivity contribution >= 4 is 18.0 Å². The highest BCUT2D eigenvalue weighted by Gasteiger charge is 2.05. The summed E-state index contributed by atoms with van der Waals surface area (Å²) in [5.41, 5.74) is 0. The second kappa shape index (κ2) is 6.60. The summed E-state index contributed by atoms with van der Waals surface area (Å²) in [5, 5.41) is 12.3. The van der Waals surface area contributed by atoms with Crippen molar-refractivity contribution in [2.75, 3.05) is 11.9 Å². The van der Waals surface area contributed by atoms with E-state index in [1.54, 1.807) is 6.07 Å². The van der Waals surface area contributed by atoms with Gasteiger partial charge in [-0.1, -0.05) is 26.1 Å². The highest BCUT2D eigenvalue weighted by molar-refractivity contribution is 7.71. The van der Waals surface area contributed by atoms with Gasteiger partial charge < -0.3 is 15.4 Å². The van der Waals surface area contributed by atoms with Crippen molar-refractivity contribution in [1.29, 1.82) is 0 Å². The lowest BCUT2D eigenvalue weighted by atomic mass is 10.2. The molecule has 1 aromatic heterocycles. The Balaban J connectivity index is 2.83. The third-order valence-electron chi connectivity index (χ3n) is 2.35. The van der Waals surface area contributed by atoms with Gasteiger partial charge in [-0.05, 0) is 12.8 Å². The van der Waals surface area contributed by atoms with Crippen LogP contribution in [-0.2, 0) is 6.42 Å². The Morgan fingerprint density at radius 2 is 2.31 bits per heavy atom. The molecule has 3 N–H and O–H groups in total. The molecule has 0 radical (unpaired) electrons. The summed E-state index contributed by atoms with van der Waals surface area (Å²) in [6, 6.07) is 1.84. The fraction of sp³-hybridized carbons (Fsp3) is 0.636. The molecule has 0 amide bonds. The van der Waals surface area contributed by atoms with Crippen LogP contribution in [0.1, 0.15) is 32.5 Å². The molecule has 0 saturated heterocycles. The van der Waals surface area contributed by atoms with Crippen molar-refractivity contribution in [2.45, 2.75) is 39.2 Å². The molecule has 4 nitrogen and oxygen atoms in total. The van der Waals surface area contributed by atoms with Gasteiger partial charge >= 0.3 is 0 Å². The molecule has 1 unspecified atom stereocenters. The number of nitrogens with zero attached hydrogens (tertiary/aromatic N) is 1. The molecule has 5 heteroatoms. The first-order chi connectivity index (χ1) is 7.69. The quantitative estimate of drug-likeness (QED) is 0.669. The number of nitrogens with one attached hydrogen (secondary N) is 2. The van der Waals surface area contributed by atoms with Crippen LogP contribution in [0.4, 0.5) is 5.82 Å². The number of aryl methyl sites for hydroxylation is 1. The number of aromatic nitrogens is 2. The molecular weight excluding hydrogens is 222 g/mol. The monoisotopic (exact) mass is 241 g/mol. The first-order valence-electron chi connectivity index (χ1n) is 5.67. The van der Waals surface area contributed by atoms with Crippen molar-refractivity contribution in [3.05, 3.63) is 16.5 Å². The molecule has 0 aliphatic heterocycles. The molecule has 0 aliphatic rings. The summed E-state index contributed by atoms with van der Waals surface area (Å²) in [7, 11) is 0. The van der Waals surface area contributed by atoms with Crippen LogP contribution in [0.25, 0.3) is 0 Å². The third kappa shape index (κ3) is 3.90. The maximum atomic E-state index is 9.11. The van der Waals surface area contributed by atoms with Gasteiger partial charge in [0.15, 0.2) is 0 Å². The molecule has 1 rings (SSSR count). The predicted octanol–water partition coefficient (Wildman–Crippen LogP) is 2.27. The number of H-pyrrole nitrogens is 1. The zero-order valence-electron chi connectivity index (χ0n) is 9.79. The molecule has 1 atom stereocenters. The van der Waals surface area contributed by atoms with Crippen LogP contribution in [0.2, 0.25) is 0 Å². The van der Waals surface area contributed by atoms with Gasteiger partial charge in [-0.15, -0.1) is 0 Å². The SMILES string of the molecule is CCCc1nc(=S)cc(NC(CC)CO)[nH]1. The van der Waals surface area contributed by atoms with Gasteiger partial charge in [0.05, 0.1) is 12.6 Å². The number of aromatic amines is 1. The average Bonchev–Trinajstić information content (AvgIpc) is 2.25. The third-order valence-corrected chi connectivity index (χ3v) is 2.56. The minimum atomic E-state index is 0.0579. The number of hydrogen-bond acceptors (Lipinski definition) is 4. The van der Waals surface area contributed by atoms with E-state index in [9.17, 15) is 0 Å². The molecule has 90 valence electrons. The molecule has 0 aromatic carbocycles. The first-order valence-corrected chi connectivity index (χ1v) is 6.08. The van der Waals surface area contributed by atoms with Crippen LogP contribution in [-0.4, -0.2) is 27.7 Å². The van der Waals surface area contributed by atoms with Crippen molar-refractivity contribution in [3.8, 4) is 0 Å². The number of aliphatic hydroxyl groups is 1. The van der Waals surface area contributed by atoms with Gasteiger partial charge in [-0.3, -0.25) is 0 Å². The largest absolute Gasteiger partial charge is 0.394 e. The van der Waals surface area contributed by atoms with Crippen molar-refractivity contribution in [3.63, 3.8) is 0 Å². The Morgan fingerprint density at radius 3 is 2.88 bits per heavy atom. The van der Waals surface area contributed by atoms with E-state index in [4.69, 9.17) is 17.3 Å². The van der Waals surface area contributed by atoms with Crippen LogP contribution in [0.15, 0.2) is 6.07 Å². The molecule has 0 spiro atoms. The van der Waals surface area contributed by atoms with E-state index in [1.165, 1.54) is 0 Å². The van der Waals surface area contributed by atoms with Crippen LogP contribution >= 0.6 is 12.2 Å². The van der Waals surface area contributed by atoms with Crippen LogP contribution in [0, 0.1) is 4.64 Å². The van der Waals surface area contributed by atoms with E-state index >= 15 is 0 Å². The van der Waals surface area contributed by atoms with E-state index < -0.39 is 0 Å². The Kier molecular flexibility index (Phi) is 5.42. The fourth-order valence-electron chi connectivity index (χ4n) is 1.44. The van der Waals surface area contributed by atoms with E-state index in [0.29, 0.717) is 4.64 Å². The molecule has 1 heterocycles. The summed E-state index contributed by atoms with van der Waals surface area (Å²) >= 11 is 5.09. The summed E-state index contributed by atoms with van der Waals surface area (Å²) in [6.45, 7) is 4.24. The van der Waals surface area contributed by atoms with Gasteiger partial charge in [-0.25, -0.2) is 4.98 Å². The van der Waals surface area contributed by atoms with Crippen LogP contribution in [0.3, 0.4) is 0 Å². The molecule has 0 aliphatic carbocycles. The molecule has 1 aromatic rings. The second-order valence-corrected chi connectivity index (χ2v) is 4.18. The number of hydrogen-bond donors (Lipinski definition) is 3. The Bertz CT molecular complexity index is 374. The Morgan fingerprint density at radius 1 is 1.56 bits per heavy atom. The second-order valence-electron chi connectivity index (χ2n) is 3.76. The molecule has 16 heavy (non-hydrogen) atoms. The topological polar surface area (TPSA) is 60.9 Å². The van der Waals surface area contributed by atoms with E-state index in [0.717, 1.165) is 30.9 Å². The van der Waals surface area contributed by atoms with Gasteiger partial charge in [-0.2, -0.15) is 0 Å². The van der Waals surface area contributed by atoms with Crippen molar-refractivity contribution in [1.82, 2.24) is 9.97 Å². The zero-order valence-corrected chi connectivity index (χ0v) is 10.6. The Hall–Kier alpha value is -0.940. The van der Waals surface area contributed by atoms with Crippen LogP contribution in [0.5, 0.6) is 0 Å². The lowest BCUT2D eigenvalue weighted by Gasteiger charge is -2.15. The fourth-order valence-corrected chi connectivity index (χ4v) is 1.67. The molecule has 0 bridgehead atoms. The minimum Gasteiger partial charge on any atom is -0.394 e. The number of anilines is 1. The van der Waals surface area contributed by atoms with Crippen LogP contribution < -0.4 is 5.32 Å². The van der Waals surface area contributed by atoms with E-state index in [-0.39, 0.29) is 12.6 Å². The predicted molar refractivity (Wildman–Crippen MR) is 68.2 cm³/mol.